The third kappa shape index (κ3) is 1.40. The van der Waals surface area contributed by atoms with Gasteiger partial charge in [0.25, 0.3) is 0 Å². The van der Waals surface area contributed by atoms with Crippen LogP contribution in [0.15, 0.2) is 18.2 Å². The molecule has 3 atom stereocenters. The molecule has 1 amide bonds. The van der Waals surface area contributed by atoms with Crippen LogP contribution in [0.4, 0.5) is 0 Å². The second kappa shape index (κ2) is 3.19. The molecule has 2 nitrogen and oxygen atoms in total. The maximum atomic E-state index is 11.2. The van der Waals surface area contributed by atoms with Crippen molar-refractivity contribution in [2.24, 2.45) is 5.73 Å². The average molecular weight is 236 g/mol. The first-order valence-corrected chi connectivity index (χ1v) is 5.64. The van der Waals surface area contributed by atoms with Gasteiger partial charge in [0, 0.05) is 0 Å². The molecule has 1 aromatic carbocycles. The third-order valence-corrected chi connectivity index (χ3v) is 3.81. The summed E-state index contributed by atoms with van der Waals surface area (Å²) in [4.78, 5) is 11.2. The molecule has 1 aromatic rings. The second-order valence-corrected chi connectivity index (χ2v) is 5.17. The molecule has 0 saturated heterocycles. The fourth-order valence-electron chi connectivity index (χ4n) is 1.92. The summed E-state index contributed by atoms with van der Waals surface area (Å²) >= 11 is 1.60. The first kappa shape index (κ1) is 8.83. The van der Waals surface area contributed by atoms with Gasteiger partial charge in [-0.05, 0) is 0 Å². The van der Waals surface area contributed by atoms with Gasteiger partial charge < -0.3 is 0 Å². The molecule has 0 saturated carbocycles. The second-order valence-electron chi connectivity index (χ2n) is 3.37. The van der Waals surface area contributed by atoms with Gasteiger partial charge in [0.2, 0.25) is 0 Å². The molecule has 0 heterocycles. The number of carbonyl (C=O) groups excluding carboxylic acids is 1. The summed E-state index contributed by atoms with van der Waals surface area (Å²) in [5, 5.41) is 0. The van der Waals surface area contributed by atoms with Gasteiger partial charge in [-0.2, -0.15) is 0 Å². The number of carbonyl (C=O) groups is 1. The summed E-state index contributed by atoms with van der Waals surface area (Å²) in [6.07, 6.45) is 0.972. The Labute approximate surface area is 86.0 Å². The van der Waals surface area contributed by atoms with E-state index in [1.54, 1.807) is 16.9 Å². The summed E-state index contributed by atoms with van der Waals surface area (Å²) in [5.41, 5.74) is 7.71. The van der Waals surface area contributed by atoms with Crippen molar-refractivity contribution in [3.05, 3.63) is 35.4 Å². The minimum absolute atomic E-state index is 0.0652. The molecular weight excluding hydrogens is 225 g/mol. The van der Waals surface area contributed by atoms with E-state index in [-0.39, 0.29) is 11.8 Å². The number of hydrogen-bond acceptors (Lipinski definition) is 1. The average Bonchev–Trinajstić information content (AvgIpc) is 2.39. The van der Waals surface area contributed by atoms with Crippen molar-refractivity contribution in [2.45, 2.75) is 17.0 Å². The van der Waals surface area contributed by atoms with Crippen molar-refractivity contribution in [1.82, 2.24) is 0 Å². The van der Waals surface area contributed by atoms with Crippen LogP contribution >= 0.6 is 0 Å². The van der Waals surface area contributed by atoms with Crippen molar-refractivity contribution in [3.8, 4) is 0 Å². The molecule has 2 N–H and O–H groups in total. The summed E-state index contributed by atoms with van der Waals surface area (Å²) < 4.78 is 0.399. The molecule has 0 aliphatic heterocycles. The number of fused-ring (bicyclic) bond motifs is 1. The molecule has 0 bridgehead atoms. The van der Waals surface area contributed by atoms with Crippen LogP contribution in [0, 0.1) is 6.07 Å². The third-order valence-electron chi connectivity index (χ3n) is 2.51. The van der Waals surface area contributed by atoms with E-state index in [0.717, 1.165) is 12.0 Å². The van der Waals surface area contributed by atoms with Crippen LogP contribution in [-0.2, 0) is 11.2 Å². The van der Waals surface area contributed by atoms with Gasteiger partial charge in [0.1, 0.15) is 0 Å². The Morgan fingerprint density at radius 1 is 1.69 bits per heavy atom. The van der Waals surface area contributed by atoms with Crippen molar-refractivity contribution in [3.63, 3.8) is 0 Å². The van der Waals surface area contributed by atoms with Crippen LogP contribution in [0.1, 0.15) is 17.0 Å². The van der Waals surface area contributed by atoms with E-state index >= 15 is 0 Å². The van der Waals surface area contributed by atoms with Gasteiger partial charge in [-0.1, -0.05) is 0 Å². The fraction of sp³-hybridized carbons (Fsp3) is 0.300. The first-order chi connectivity index (χ1) is 6.20. The van der Waals surface area contributed by atoms with Gasteiger partial charge in [-0.25, -0.2) is 0 Å². The van der Waals surface area contributed by atoms with Crippen molar-refractivity contribution >= 4 is 22.8 Å². The van der Waals surface area contributed by atoms with Gasteiger partial charge >= 0.3 is 85.7 Å². The Balaban J connectivity index is 2.46. The number of hydrogen-bond donors (Lipinski definition) is 1. The van der Waals surface area contributed by atoms with Crippen molar-refractivity contribution in [1.29, 1.82) is 0 Å². The predicted molar refractivity (Wildman–Crippen MR) is 53.2 cm³/mol. The van der Waals surface area contributed by atoms with E-state index in [0.29, 0.717) is 4.71 Å². The maximum absolute atomic E-state index is 11.2. The van der Waals surface area contributed by atoms with E-state index in [9.17, 15) is 4.79 Å². The Bertz CT molecular complexity index is 351. The standard InChI is InChI=1S/C10H11AsNO/c11-8-5-6-3-1-2-4-7(6)9(8)10(12)13/h2-4,8-9H,5,11H2,(H2,12,13). The molecule has 3 heteroatoms. The molecular formula is C10H11AsNO. The fourth-order valence-corrected chi connectivity index (χ4v) is 3.29. The SMILES string of the molecule is NC(=O)C1c2cc[c]cc2CC1[AsH2]. The number of primary amides is 1. The molecule has 1 radical (unpaired) electrons. The van der Waals surface area contributed by atoms with Crippen molar-refractivity contribution in [2.75, 3.05) is 0 Å². The molecule has 1 aliphatic carbocycles. The topological polar surface area (TPSA) is 43.1 Å². The van der Waals surface area contributed by atoms with Gasteiger partial charge in [-0.15, -0.1) is 0 Å². The van der Waals surface area contributed by atoms with E-state index < -0.39 is 0 Å². The number of rotatable bonds is 1. The van der Waals surface area contributed by atoms with Gasteiger partial charge in [0.05, 0.1) is 0 Å². The zero-order valence-electron chi connectivity index (χ0n) is 7.16. The number of amides is 1. The van der Waals surface area contributed by atoms with Crippen LogP contribution in [0.2, 0.25) is 4.71 Å². The molecule has 0 fully saturated rings. The first-order valence-electron chi connectivity index (χ1n) is 4.24. The van der Waals surface area contributed by atoms with E-state index in [1.807, 2.05) is 18.2 Å². The Hall–Kier alpha value is -0.752. The minimum atomic E-state index is -0.195. The summed E-state index contributed by atoms with van der Waals surface area (Å²) in [6.45, 7) is 0. The summed E-state index contributed by atoms with van der Waals surface area (Å²) in [5.74, 6) is -0.260. The zero-order chi connectivity index (χ0) is 9.42. The van der Waals surface area contributed by atoms with Crippen LogP contribution < -0.4 is 5.73 Å². The summed E-state index contributed by atoms with van der Waals surface area (Å²) in [7, 11) is 0. The van der Waals surface area contributed by atoms with E-state index in [4.69, 9.17) is 5.73 Å². The van der Waals surface area contributed by atoms with Crippen LogP contribution in [0.3, 0.4) is 0 Å². The van der Waals surface area contributed by atoms with Crippen LogP contribution in [-0.4, -0.2) is 22.8 Å². The molecule has 0 spiro atoms. The quantitative estimate of drug-likeness (QED) is 0.687. The Kier molecular flexibility index (Phi) is 2.17. The monoisotopic (exact) mass is 236 g/mol. The predicted octanol–water partition coefficient (Wildman–Crippen LogP) is 0.0334. The Morgan fingerprint density at radius 3 is 3.15 bits per heavy atom. The molecule has 13 heavy (non-hydrogen) atoms. The Morgan fingerprint density at radius 2 is 2.46 bits per heavy atom. The van der Waals surface area contributed by atoms with Gasteiger partial charge in [0.15, 0.2) is 0 Å². The normalized spacial score (nSPS) is 25.6. The van der Waals surface area contributed by atoms with E-state index in [1.165, 1.54) is 5.56 Å². The van der Waals surface area contributed by atoms with Crippen LogP contribution in [0.25, 0.3) is 0 Å². The number of nitrogens with two attached hydrogens (primary N) is 1. The van der Waals surface area contributed by atoms with Crippen molar-refractivity contribution < 1.29 is 4.79 Å². The van der Waals surface area contributed by atoms with E-state index in [2.05, 4.69) is 6.07 Å². The summed E-state index contributed by atoms with van der Waals surface area (Å²) in [6, 6.07) is 8.80. The van der Waals surface area contributed by atoms with Crippen LogP contribution in [0.5, 0.6) is 0 Å². The molecule has 67 valence electrons. The molecule has 3 unspecified atom stereocenters. The molecule has 0 aromatic heterocycles. The number of benzene rings is 1. The zero-order valence-corrected chi connectivity index (χ0v) is 9.58. The van der Waals surface area contributed by atoms with Gasteiger partial charge in [-0.3, -0.25) is 0 Å². The molecule has 2 rings (SSSR count). The molecule has 1 aliphatic rings.